The first-order chi connectivity index (χ1) is 17.1. The summed E-state index contributed by atoms with van der Waals surface area (Å²) in [5, 5.41) is 9.38. The van der Waals surface area contributed by atoms with Gasteiger partial charge in [-0.05, 0) is 81.6 Å². The molecule has 0 saturated carbocycles. The molecule has 3 rings (SSSR count). The van der Waals surface area contributed by atoms with Crippen LogP contribution < -0.4 is 9.47 Å². The summed E-state index contributed by atoms with van der Waals surface area (Å²) < 4.78 is 24.5. The molecule has 0 heterocycles. The van der Waals surface area contributed by atoms with Gasteiger partial charge in [-0.1, -0.05) is 31.2 Å². The van der Waals surface area contributed by atoms with Crippen molar-refractivity contribution in [2.24, 2.45) is 0 Å². The zero-order valence-corrected chi connectivity index (χ0v) is 23.1. The van der Waals surface area contributed by atoms with Crippen LogP contribution in [0.1, 0.15) is 45.2 Å². The fraction of sp³-hybridized carbons (Fsp3) is 0.345. The summed E-state index contributed by atoms with van der Waals surface area (Å²) in [6, 6.07) is 21.0. The lowest BCUT2D eigenvalue weighted by molar-refractivity contribution is -0.138. The minimum absolute atomic E-state index is 0.142. The fourth-order valence-electron chi connectivity index (χ4n) is 3.45. The maximum atomic E-state index is 13.3. The summed E-state index contributed by atoms with van der Waals surface area (Å²) in [6.45, 7) is 9.85. The monoisotopic (exact) mass is 526 g/mol. The third-order valence-corrected chi connectivity index (χ3v) is 8.50. The molecule has 2 unspecified atom stereocenters. The van der Waals surface area contributed by atoms with Crippen molar-refractivity contribution in [1.82, 2.24) is 0 Å². The van der Waals surface area contributed by atoms with E-state index in [2.05, 4.69) is 6.92 Å². The molecule has 0 saturated heterocycles. The van der Waals surface area contributed by atoms with Crippen LogP contribution in [0.2, 0.25) is 0 Å². The van der Waals surface area contributed by atoms with E-state index < -0.39 is 21.9 Å². The zero-order chi connectivity index (χ0) is 26.3. The molecule has 3 aromatic carbocycles. The van der Waals surface area contributed by atoms with E-state index >= 15 is 0 Å². The molecule has 0 aliphatic heterocycles. The second-order valence-corrected chi connectivity index (χ2v) is 12.2. The number of aliphatic carboxylic acids is 1. The van der Waals surface area contributed by atoms with E-state index in [0.29, 0.717) is 23.7 Å². The largest absolute Gasteiger partial charge is 0.606 e. The molecule has 1 N–H and O–H groups in total. The van der Waals surface area contributed by atoms with Crippen molar-refractivity contribution >= 4 is 28.9 Å². The van der Waals surface area contributed by atoms with Gasteiger partial charge in [0, 0.05) is 28.6 Å². The highest BCUT2D eigenvalue weighted by Crippen LogP contribution is 2.36. The van der Waals surface area contributed by atoms with Crippen LogP contribution in [0.15, 0.2) is 81.4 Å². The summed E-state index contributed by atoms with van der Waals surface area (Å²) in [7, 11) is 0. The van der Waals surface area contributed by atoms with Crippen molar-refractivity contribution < 1.29 is 23.9 Å². The average Bonchev–Trinajstić information content (AvgIpc) is 2.86. The normalized spacial score (nSPS) is 13.2. The molecule has 7 heteroatoms. The van der Waals surface area contributed by atoms with Gasteiger partial charge >= 0.3 is 5.97 Å². The first-order valence-corrected chi connectivity index (χ1v) is 14.0. The molecule has 0 spiro atoms. The van der Waals surface area contributed by atoms with Gasteiger partial charge in [0.15, 0.2) is 10.6 Å². The number of ether oxygens (including phenoxy) is 2. The smallest absolute Gasteiger partial charge is 0.319 e. The van der Waals surface area contributed by atoms with Gasteiger partial charge in [-0.25, -0.2) is 0 Å². The number of thioether (sulfide) groups is 1. The Morgan fingerprint density at radius 3 is 2.47 bits per heavy atom. The molecule has 5 nitrogen and oxygen atoms in total. The van der Waals surface area contributed by atoms with Crippen LogP contribution in [-0.4, -0.2) is 33.1 Å². The Hall–Kier alpha value is -2.61. The molecular formula is C29H34O5S2. The van der Waals surface area contributed by atoms with Gasteiger partial charge < -0.3 is 19.1 Å². The lowest BCUT2D eigenvalue weighted by Gasteiger charge is -2.20. The Kier molecular flexibility index (Phi) is 9.77. The molecule has 36 heavy (non-hydrogen) atoms. The van der Waals surface area contributed by atoms with E-state index in [-0.39, 0.29) is 6.10 Å². The van der Waals surface area contributed by atoms with Gasteiger partial charge in [-0.15, -0.1) is 11.8 Å². The van der Waals surface area contributed by atoms with E-state index in [4.69, 9.17) is 9.47 Å². The van der Waals surface area contributed by atoms with E-state index in [9.17, 15) is 14.5 Å². The molecule has 0 aliphatic carbocycles. The van der Waals surface area contributed by atoms with Crippen LogP contribution in [0, 0.1) is 6.92 Å². The standard InChI is InChI=1S/C29H34O5S2/c1-6-22-12-14-25(27(19-22)36(32)24-10-8-7-9-11-24)34-21(3)16-17-33-23-13-15-26(20(2)18-23)35-29(4,5)28(30)31/h7-15,18-19,21H,6,16-17H2,1-5H3,(H,30,31). The molecule has 2 atom stereocenters. The number of carboxylic acid groups (broad SMARTS) is 1. The van der Waals surface area contributed by atoms with E-state index in [1.165, 1.54) is 11.8 Å². The first-order valence-electron chi connectivity index (χ1n) is 12.0. The third kappa shape index (κ3) is 7.45. The summed E-state index contributed by atoms with van der Waals surface area (Å²) in [5.41, 5.74) is 2.08. The van der Waals surface area contributed by atoms with Gasteiger partial charge in [0.25, 0.3) is 0 Å². The number of carbonyl (C=O) groups is 1. The minimum Gasteiger partial charge on any atom is -0.606 e. The highest BCUT2D eigenvalue weighted by molar-refractivity contribution is 8.01. The van der Waals surface area contributed by atoms with Crippen molar-refractivity contribution in [3.8, 4) is 11.5 Å². The van der Waals surface area contributed by atoms with Gasteiger partial charge in [-0.3, -0.25) is 4.79 Å². The van der Waals surface area contributed by atoms with Crippen molar-refractivity contribution in [2.75, 3.05) is 6.61 Å². The van der Waals surface area contributed by atoms with Crippen LogP contribution in [0.25, 0.3) is 0 Å². The van der Waals surface area contributed by atoms with Crippen molar-refractivity contribution in [1.29, 1.82) is 0 Å². The number of benzene rings is 3. The second-order valence-electron chi connectivity index (χ2n) is 9.13. The highest BCUT2D eigenvalue weighted by Gasteiger charge is 2.29. The summed E-state index contributed by atoms with van der Waals surface area (Å²) in [4.78, 5) is 13.8. The number of aryl methyl sites for hydroxylation is 2. The van der Waals surface area contributed by atoms with Gasteiger partial charge in [0.1, 0.15) is 10.5 Å². The molecule has 0 bridgehead atoms. The van der Waals surface area contributed by atoms with Crippen LogP contribution in [0.5, 0.6) is 11.5 Å². The van der Waals surface area contributed by atoms with E-state index in [1.807, 2.05) is 80.6 Å². The van der Waals surface area contributed by atoms with Crippen LogP contribution in [-0.2, 0) is 22.4 Å². The highest BCUT2D eigenvalue weighted by atomic mass is 32.2. The molecule has 0 amide bonds. The van der Waals surface area contributed by atoms with Crippen LogP contribution >= 0.6 is 11.8 Å². The summed E-state index contributed by atoms with van der Waals surface area (Å²) in [5.74, 6) is 0.511. The van der Waals surface area contributed by atoms with Gasteiger partial charge in [-0.2, -0.15) is 0 Å². The van der Waals surface area contributed by atoms with Crippen LogP contribution in [0.3, 0.4) is 0 Å². The maximum absolute atomic E-state index is 13.3. The van der Waals surface area contributed by atoms with Crippen molar-refractivity contribution in [2.45, 2.75) is 73.0 Å². The number of hydrogen-bond donors (Lipinski definition) is 1. The topological polar surface area (TPSA) is 78.8 Å². The molecule has 192 valence electrons. The molecule has 0 aromatic heterocycles. The Labute approximate surface area is 221 Å². The summed E-state index contributed by atoms with van der Waals surface area (Å²) >= 11 is -0.00875. The second kappa shape index (κ2) is 12.6. The van der Waals surface area contributed by atoms with Crippen molar-refractivity contribution in [3.63, 3.8) is 0 Å². The molecule has 0 aliphatic rings. The number of carboxylic acids is 1. The Morgan fingerprint density at radius 1 is 1.11 bits per heavy atom. The lowest BCUT2D eigenvalue weighted by Crippen LogP contribution is -2.27. The van der Waals surface area contributed by atoms with Gasteiger partial charge in [0.05, 0.1) is 12.7 Å². The van der Waals surface area contributed by atoms with Gasteiger partial charge in [0.2, 0.25) is 4.90 Å². The van der Waals surface area contributed by atoms with Crippen molar-refractivity contribution in [3.05, 3.63) is 77.9 Å². The molecule has 0 fully saturated rings. The number of rotatable bonds is 12. The third-order valence-electron chi connectivity index (χ3n) is 5.72. The first kappa shape index (κ1) is 28.0. The predicted octanol–water partition coefficient (Wildman–Crippen LogP) is 6.92. The van der Waals surface area contributed by atoms with Crippen LogP contribution in [0.4, 0.5) is 0 Å². The van der Waals surface area contributed by atoms with E-state index in [1.54, 1.807) is 13.8 Å². The fourth-order valence-corrected chi connectivity index (χ4v) is 5.66. The quantitative estimate of drug-likeness (QED) is 0.204. The lowest BCUT2D eigenvalue weighted by atomic mass is 10.1. The van der Waals surface area contributed by atoms with E-state index in [0.717, 1.165) is 33.1 Å². The summed E-state index contributed by atoms with van der Waals surface area (Å²) in [6.07, 6.45) is 1.36. The predicted molar refractivity (Wildman–Crippen MR) is 146 cm³/mol. The Morgan fingerprint density at radius 2 is 1.83 bits per heavy atom. The molecule has 0 radical (unpaired) electrons. The average molecular weight is 527 g/mol. The number of hydrogen-bond acceptors (Lipinski definition) is 5. The zero-order valence-electron chi connectivity index (χ0n) is 21.4. The molecular weight excluding hydrogens is 492 g/mol. The maximum Gasteiger partial charge on any atom is 0.319 e. The SMILES string of the molecule is CCc1ccc(OC(C)CCOc2ccc(SC(C)(C)C(=O)O)c(C)c2)c([S+]([O-])c2ccccc2)c1. The molecule has 3 aromatic rings. The Bertz CT molecular complexity index is 1160. The Balaban J connectivity index is 1.61. The minimum atomic E-state index is -1.33.